The Kier molecular flexibility index (Phi) is 6.72. The van der Waals surface area contributed by atoms with E-state index in [0.29, 0.717) is 6.42 Å². The number of rotatable bonds is 8. The van der Waals surface area contributed by atoms with Crippen molar-refractivity contribution in [3.8, 4) is 0 Å². The quantitative estimate of drug-likeness (QED) is 0.505. The zero-order valence-electron chi connectivity index (χ0n) is 13.5. The summed E-state index contributed by atoms with van der Waals surface area (Å²) >= 11 is 0. The number of fused-ring (bicyclic) bond motifs is 1. The summed E-state index contributed by atoms with van der Waals surface area (Å²) in [6, 6.07) is 14.2. The average Bonchev–Trinajstić information content (AvgIpc) is 2.50. The van der Waals surface area contributed by atoms with Crippen LogP contribution in [0.3, 0.4) is 0 Å². The summed E-state index contributed by atoms with van der Waals surface area (Å²) < 4.78 is 29.1. The highest BCUT2D eigenvalue weighted by atomic mass is 31.3. The molecule has 0 fully saturated rings. The van der Waals surface area contributed by atoms with Gasteiger partial charge in [-0.2, -0.15) is 0 Å². The minimum atomic E-state index is -5.65. The van der Waals surface area contributed by atoms with E-state index in [2.05, 4.69) is 14.9 Å². The minimum Gasteiger partial charge on any atom is -0.790 e. The van der Waals surface area contributed by atoms with Gasteiger partial charge in [0.05, 0.1) is 14.4 Å². The van der Waals surface area contributed by atoms with Gasteiger partial charge < -0.3 is 23.8 Å². The van der Waals surface area contributed by atoms with Gasteiger partial charge in [0.1, 0.15) is 0 Å². The van der Waals surface area contributed by atoms with Gasteiger partial charge in [0.2, 0.25) is 0 Å². The van der Waals surface area contributed by atoms with Gasteiger partial charge in [0.25, 0.3) is 7.82 Å². The van der Waals surface area contributed by atoms with E-state index in [-0.39, 0.29) is 0 Å². The maximum atomic E-state index is 11.1. The van der Waals surface area contributed by atoms with Crippen LogP contribution in [0.25, 0.3) is 10.8 Å². The summed E-state index contributed by atoms with van der Waals surface area (Å²) in [6.45, 7) is 1.40. The first kappa shape index (κ1) is 20.0. The molecule has 9 heteroatoms. The molecule has 0 radical (unpaired) electrons. The predicted octanol–water partition coefficient (Wildman–Crippen LogP) is 2.05. The largest absolute Gasteiger partial charge is 0.790 e. The first-order valence-electron chi connectivity index (χ1n) is 7.47. The molecule has 2 aromatic rings. The Morgan fingerprint density at radius 3 is 2.44 bits per heavy atom. The lowest BCUT2D eigenvalue weighted by atomic mass is 10.0. The van der Waals surface area contributed by atoms with Crippen molar-refractivity contribution in [3.05, 3.63) is 59.7 Å². The van der Waals surface area contributed by atoms with Gasteiger partial charge in [-0.1, -0.05) is 54.1 Å². The molecule has 0 aliphatic carbocycles. The normalized spacial score (nSPS) is 15.3. The van der Waals surface area contributed by atoms with E-state index >= 15 is 0 Å². The fourth-order valence-electron chi connectivity index (χ4n) is 2.25. The topological polar surface area (TPSA) is 122 Å². The van der Waals surface area contributed by atoms with Crippen LogP contribution in [0.5, 0.6) is 0 Å². The van der Waals surface area contributed by atoms with Crippen molar-refractivity contribution in [2.75, 3.05) is 6.61 Å². The van der Waals surface area contributed by atoms with Crippen LogP contribution in [-0.4, -0.2) is 6.61 Å². The van der Waals surface area contributed by atoms with Crippen LogP contribution in [0.2, 0.25) is 0 Å². The third kappa shape index (κ3) is 7.22. The van der Waals surface area contributed by atoms with Crippen LogP contribution in [0.15, 0.2) is 54.1 Å². The van der Waals surface area contributed by atoms with Crippen molar-refractivity contribution in [2.45, 2.75) is 19.8 Å². The lowest BCUT2D eigenvalue weighted by molar-refractivity contribution is -0.339. The number of phosphoric acid groups is 2. The van der Waals surface area contributed by atoms with Crippen molar-refractivity contribution >= 4 is 26.4 Å². The van der Waals surface area contributed by atoms with Crippen LogP contribution >= 0.6 is 15.6 Å². The zero-order valence-corrected chi connectivity index (χ0v) is 15.3. The lowest BCUT2D eigenvalue weighted by Crippen LogP contribution is -2.19. The molecule has 0 amide bonds. The van der Waals surface area contributed by atoms with Crippen LogP contribution in [0.1, 0.15) is 18.9 Å². The fourth-order valence-corrected chi connectivity index (χ4v) is 3.68. The molecule has 25 heavy (non-hydrogen) atoms. The third-order valence-electron chi connectivity index (χ3n) is 3.49. The summed E-state index contributed by atoms with van der Waals surface area (Å²) in [5.41, 5.74) is 2.00. The Morgan fingerprint density at radius 2 is 1.76 bits per heavy atom. The molecule has 0 saturated carbocycles. The number of benzene rings is 2. The summed E-state index contributed by atoms with van der Waals surface area (Å²) in [7, 11) is -10.8. The second kappa shape index (κ2) is 8.39. The number of hydrogen-bond acceptors (Lipinski definition) is 7. The Labute approximate surface area is 145 Å². The van der Waals surface area contributed by atoms with E-state index in [1.165, 1.54) is 6.08 Å². The number of aryl methyl sites for hydroxylation is 1. The van der Waals surface area contributed by atoms with E-state index in [1.54, 1.807) is 6.92 Å². The molecule has 2 rings (SSSR count). The molecule has 2 aromatic carbocycles. The molecule has 0 aliphatic heterocycles. The number of hydrogen-bond donors (Lipinski definition) is 0. The van der Waals surface area contributed by atoms with Gasteiger partial charge in [0, 0.05) is 0 Å². The SMILES string of the molecule is C/C(=C\COP(=O)([O-])OP(=O)([O-])[O-])CCc1ccc2ccccc2c1. The van der Waals surface area contributed by atoms with Crippen molar-refractivity contribution in [2.24, 2.45) is 0 Å². The number of allylic oxidation sites excluding steroid dienone is 1. The maximum absolute atomic E-state index is 11.1. The third-order valence-corrected chi connectivity index (χ3v) is 5.55. The van der Waals surface area contributed by atoms with Gasteiger partial charge in [-0.05, 0) is 36.1 Å². The van der Waals surface area contributed by atoms with Crippen molar-refractivity contribution in [1.29, 1.82) is 0 Å². The van der Waals surface area contributed by atoms with Crippen molar-refractivity contribution in [3.63, 3.8) is 0 Å². The van der Waals surface area contributed by atoms with Crippen molar-refractivity contribution in [1.82, 2.24) is 0 Å². The van der Waals surface area contributed by atoms with Gasteiger partial charge in [-0.3, -0.25) is 8.88 Å². The lowest BCUT2D eigenvalue weighted by Gasteiger charge is -2.34. The van der Waals surface area contributed by atoms with Gasteiger partial charge in [-0.25, -0.2) is 0 Å². The molecule has 0 aliphatic rings. The second-order valence-corrected chi connectivity index (χ2v) is 8.20. The van der Waals surface area contributed by atoms with Crippen LogP contribution in [0, 0.1) is 0 Å². The smallest absolute Gasteiger partial charge is 0.272 e. The first-order chi connectivity index (χ1) is 11.6. The zero-order chi connectivity index (χ0) is 18.5. The van der Waals surface area contributed by atoms with E-state index in [4.69, 9.17) is 0 Å². The molecule has 136 valence electrons. The fraction of sp³-hybridized carbons (Fsp3) is 0.250. The van der Waals surface area contributed by atoms with E-state index < -0.39 is 22.3 Å². The Hall–Kier alpha value is -1.30. The second-order valence-electron chi connectivity index (χ2n) is 5.50. The molecule has 0 heterocycles. The Bertz CT molecular complexity index is 856. The van der Waals surface area contributed by atoms with Crippen molar-refractivity contribution < 1.29 is 32.6 Å². The first-order valence-corrected chi connectivity index (χ1v) is 10.4. The number of phosphoric ester groups is 1. The summed E-state index contributed by atoms with van der Waals surface area (Å²) in [4.78, 5) is 31.7. The molecule has 0 bridgehead atoms. The standard InChI is InChI=1S/C16H20O7P2/c1-13(10-11-22-25(20,21)23-24(17,18)19)6-7-14-8-9-15-4-2-3-5-16(15)12-14/h2-5,8-10,12H,6-7,11H2,1H3,(H,20,21)(H2,17,18,19)/p-3/b13-10+. The van der Waals surface area contributed by atoms with Gasteiger partial charge in [0.15, 0.2) is 0 Å². The van der Waals surface area contributed by atoms with E-state index in [9.17, 15) is 23.8 Å². The van der Waals surface area contributed by atoms with E-state index in [1.807, 2.05) is 36.4 Å². The highest BCUT2D eigenvalue weighted by Crippen LogP contribution is 2.50. The Balaban J connectivity index is 1.86. The molecule has 0 aromatic heterocycles. The maximum Gasteiger partial charge on any atom is 0.272 e. The predicted molar refractivity (Wildman–Crippen MR) is 88.3 cm³/mol. The molecular weight excluding hydrogens is 366 g/mol. The highest BCUT2D eigenvalue weighted by Gasteiger charge is 2.10. The van der Waals surface area contributed by atoms with Gasteiger partial charge in [-0.15, -0.1) is 0 Å². The minimum absolute atomic E-state index is 0.398. The van der Waals surface area contributed by atoms with Crippen LogP contribution in [0.4, 0.5) is 0 Å². The molecule has 0 saturated heterocycles. The molecular formula is C16H17O7P2-3. The van der Waals surface area contributed by atoms with Gasteiger partial charge >= 0.3 is 0 Å². The molecule has 0 N–H and O–H groups in total. The monoisotopic (exact) mass is 383 g/mol. The van der Waals surface area contributed by atoms with E-state index in [0.717, 1.165) is 28.3 Å². The molecule has 1 unspecified atom stereocenters. The molecule has 1 atom stereocenters. The molecule has 0 spiro atoms. The summed E-state index contributed by atoms with van der Waals surface area (Å²) in [5, 5.41) is 2.31. The summed E-state index contributed by atoms with van der Waals surface area (Å²) in [5.74, 6) is 0. The summed E-state index contributed by atoms with van der Waals surface area (Å²) in [6.07, 6.45) is 2.93. The average molecular weight is 383 g/mol. The highest BCUT2D eigenvalue weighted by molar-refractivity contribution is 7.58. The van der Waals surface area contributed by atoms with Crippen LogP contribution in [-0.2, 0) is 24.4 Å². The Morgan fingerprint density at radius 1 is 1.08 bits per heavy atom. The van der Waals surface area contributed by atoms with Crippen LogP contribution < -0.4 is 14.7 Å². The molecule has 7 nitrogen and oxygen atoms in total.